The van der Waals surface area contributed by atoms with Crippen molar-refractivity contribution >= 4 is 5.71 Å². The van der Waals surface area contributed by atoms with Crippen molar-refractivity contribution in [2.24, 2.45) is 11.0 Å². The summed E-state index contributed by atoms with van der Waals surface area (Å²) in [4.78, 5) is 5.16. The molecule has 3 aromatic rings. The van der Waals surface area contributed by atoms with Crippen LogP contribution in [0.2, 0.25) is 0 Å². The van der Waals surface area contributed by atoms with Crippen LogP contribution in [0.4, 0.5) is 0 Å². The fourth-order valence-corrected chi connectivity index (χ4v) is 6.78. The lowest BCUT2D eigenvalue weighted by molar-refractivity contribution is 0.131. The highest BCUT2D eigenvalue weighted by Gasteiger charge is 2.52. The van der Waals surface area contributed by atoms with Gasteiger partial charge in [0.05, 0.1) is 18.3 Å². The van der Waals surface area contributed by atoms with Gasteiger partial charge in [0.2, 0.25) is 0 Å². The van der Waals surface area contributed by atoms with Gasteiger partial charge in [0.15, 0.2) is 0 Å². The molecule has 0 N–H and O–H groups in total. The van der Waals surface area contributed by atoms with E-state index in [2.05, 4.69) is 113 Å². The fourth-order valence-electron chi connectivity index (χ4n) is 6.78. The summed E-state index contributed by atoms with van der Waals surface area (Å²) < 4.78 is 0. The van der Waals surface area contributed by atoms with Gasteiger partial charge in [0.1, 0.15) is 0 Å². The number of hydrazone groups is 1. The van der Waals surface area contributed by atoms with E-state index in [-0.39, 0.29) is 11.5 Å². The molecule has 0 bridgehead atoms. The van der Waals surface area contributed by atoms with E-state index >= 15 is 0 Å². The van der Waals surface area contributed by atoms with E-state index in [1.807, 2.05) is 0 Å². The largest absolute Gasteiger partial charge is 0.304 e. The van der Waals surface area contributed by atoms with Crippen molar-refractivity contribution in [3.63, 3.8) is 0 Å². The number of fused-ring (bicyclic) bond motifs is 1. The monoisotopic (exact) mass is 478 g/mol. The molecule has 1 aliphatic carbocycles. The summed E-state index contributed by atoms with van der Waals surface area (Å²) >= 11 is 0. The van der Waals surface area contributed by atoms with Crippen LogP contribution in [0.5, 0.6) is 0 Å². The minimum atomic E-state index is -0.0292. The first-order valence-corrected chi connectivity index (χ1v) is 13.6. The smallest absolute Gasteiger partial charge is 0.0805 e. The molecule has 4 heteroatoms. The quantitative estimate of drug-likeness (QED) is 0.461. The number of hydrogen-bond acceptors (Lipinski definition) is 4. The molecule has 186 valence electrons. The zero-order valence-electron chi connectivity index (χ0n) is 21.5. The maximum atomic E-state index is 5.59. The van der Waals surface area contributed by atoms with E-state index < -0.39 is 0 Å². The van der Waals surface area contributed by atoms with Gasteiger partial charge in [-0.1, -0.05) is 97.4 Å². The van der Waals surface area contributed by atoms with Gasteiger partial charge in [-0.25, -0.2) is 0 Å². The zero-order chi connectivity index (χ0) is 24.4. The SMILES string of the molecule is CN1CCN(CC2(c3ccccc3)CCCC3C2=NN(Cc2ccccc2)C3c2ccccc2)CC1. The summed E-state index contributed by atoms with van der Waals surface area (Å²) in [5.41, 5.74) is 5.55. The Labute approximate surface area is 216 Å². The predicted octanol–water partition coefficient (Wildman–Crippen LogP) is 5.59. The average molecular weight is 479 g/mol. The Kier molecular flexibility index (Phi) is 6.64. The van der Waals surface area contributed by atoms with E-state index in [0.29, 0.717) is 5.92 Å². The number of benzene rings is 3. The van der Waals surface area contributed by atoms with Crippen LogP contribution in [0.3, 0.4) is 0 Å². The second kappa shape index (κ2) is 10.2. The summed E-state index contributed by atoms with van der Waals surface area (Å²) in [6.07, 6.45) is 3.63. The van der Waals surface area contributed by atoms with Crippen LogP contribution in [-0.4, -0.2) is 60.3 Å². The van der Waals surface area contributed by atoms with Gasteiger partial charge in [-0.15, -0.1) is 0 Å². The molecule has 3 aliphatic rings. The third kappa shape index (κ3) is 4.49. The summed E-state index contributed by atoms with van der Waals surface area (Å²) in [5, 5.41) is 8.00. The number of nitrogens with zero attached hydrogens (tertiary/aromatic N) is 4. The summed E-state index contributed by atoms with van der Waals surface area (Å²) in [6.45, 7) is 6.49. The van der Waals surface area contributed by atoms with Gasteiger partial charge in [0.25, 0.3) is 0 Å². The first-order chi connectivity index (χ1) is 17.7. The van der Waals surface area contributed by atoms with Gasteiger partial charge < -0.3 is 4.90 Å². The van der Waals surface area contributed by atoms with Crippen molar-refractivity contribution in [1.82, 2.24) is 14.8 Å². The lowest BCUT2D eigenvalue weighted by atomic mass is 9.62. The summed E-state index contributed by atoms with van der Waals surface area (Å²) in [5.74, 6) is 0.442. The van der Waals surface area contributed by atoms with Crippen LogP contribution in [0.1, 0.15) is 42.0 Å². The lowest BCUT2D eigenvalue weighted by Gasteiger charge is -2.46. The molecule has 2 heterocycles. The molecule has 1 saturated heterocycles. The highest BCUT2D eigenvalue weighted by atomic mass is 15.5. The Morgan fingerprint density at radius 2 is 1.44 bits per heavy atom. The van der Waals surface area contributed by atoms with Gasteiger partial charge in [-0.2, -0.15) is 5.10 Å². The maximum Gasteiger partial charge on any atom is 0.0805 e. The van der Waals surface area contributed by atoms with E-state index in [1.165, 1.54) is 41.7 Å². The van der Waals surface area contributed by atoms with Crippen LogP contribution in [0.25, 0.3) is 0 Å². The van der Waals surface area contributed by atoms with Gasteiger partial charge in [-0.05, 0) is 36.6 Å². The number of piperazine rings is 1. The first-order valence-electron chi connectivity index (χ1n) is 13.6. The van der Waals surface area contributed by atoms with Crippen LogP contribution in [0, 0.1) is 5.92 Å². The van der Waals surface area contributed by atoms with Gasteiger partial charge >= 0.3 is 0 Å². The van der Waals surface area contributed by atoms with Crippen LogP contribution >= 0.6 is 0 Å². The fraction of sp³-hybridized carbons (Fsp3) is 0.406. The molecule has 0 spiro atoms. The molecular formula is C32H38N4. The Morgan fingerprint density at radius 3 is 2.14 bits per heavy atom. The Balaban J connectivity index is 1.43. The topological polar surface area (TPSA) is 22.1 Å². The van der Waals surface area contributed by atoms with Crippen molar-refractivity contribution in [2.75, 3.05) is 39.8 Å². The number of rotatable bonds is 6. The van der Waals surface area contributed by atoms with Gasteiger partial charge in [-0.3, -0.25) is 9.91 Å². The average Bonchev–Trinajstić information content (AvgIpc) is 3.30. The number of likely N-dealkylation sites (N-methyl/N-ethyl adjacent to an activating group) is 1. The minimum absolute atomic E-state index is 0.0292. The highest BCUT2D eigenvalue weighted by Crippen LogP contribution is 2.50. The first kappa shape index (κ1) is 23.4. The van der Waals surface area contributed by atoms with E-state index in [4.69, 9.17) is 5.10 Å². The van der Waals surface area contributed by atoms with Crippen molar-refractivity contribution in [1.29, 1.82) is 0 Å². The Morgan fingerprint density at radius 1 is 0.806 bits per heavy atom. The van der Waals surface area contributed by atoms with Crippen LogP contribution in [-0.2, 0) is 12.0 Å². The third-order valence-corrected chi connectivity index (χ3v) is 8.64. The predicted molar refractivity (Wildman–Crippen MR) is 148 cm³/mol. The third-order valence-electron chi connectivity index (χ3n) is 8.64. The second-order valence-corrected chi connectivity index (χ2v) is 11.0. The molecule has 3 aromatic carbocycles. The van der Waals surface area contributed by atoms with E-state index in [0.717, 1.165) is 39.3 Å². The van der Waals surface area contributed by atoms with Gasteiger partial charge in [0, 0.05) is 44.1 Å². The van der Waals surface area contributed by atoms with Crippen molar-refractivity contribution in [3.8, 4) is 0 Å². The lowest BCUT2D eigenvalue weighted by Crippen LogP contribution is -2.54. The van der Waals surface area contributed by atoms with Crippen molar-refractivity contribution in [2.45, 2.75) is 37.3 Å². The van der Waals surface area contributed by atoms with Crippen LogP contribution < -0.4 is 0 Å². The molecule has 2 aliphatic heterocycles. The molecule has 0 radical (unpaired) electrons. The molecule has 2 fully saturated rings. The molecule has 3 unspecified atom stereocenters. The van der Waals surface area contributed by atoms with Crippen molar-refractivity contribution in [3.05, 3.63) is 108 Å². The Bertz CT molecular complexity index is 1150. The number of hydrogen-bond donors (Lipinski definition) is 0. The summed E-state index contributed by atoms with van der Waals surface area (Å²) in [6, 6.07) is 33.6. The van der Waals surface area contributed by atoms with E-state index in [9.17, 15) is 0 Å². The molecule has 0 aromatic heterocycles. The minimum Gasteiger partial charge on any atom is -0.304 e. The molecular weight excluding hydrogens is 440 g/mol. The Hall–Kier alpha value is -2.95. The highest BCUT2D eigenvalue weighted by molar-refractivity contribution is 5.99. The maximum absolute atomic E-state index is 5.59. The molecule has 0 amide bonds. The zero-order valence-corrected chi connectivity index (χ0v) is 21.5. The molecule has 36 heavy (non-hydrogen) atoms. The standard InChI is InChI=1S/C32H38N4/c1-34-20-22-35(23-21-34)25-32(28-16-9-4-10-17-28)19-11-18-29-30(27-14-7-3-8-15-27)36(33-31(29)32)24-26-12-5-2-6-13-26/h2-10,12-17,29-30H,11,18-25H2,1H3. The second-order valence-electron chi connectivity index (χ2n) is 11.0. The molecule has 3 atom stereocenters. The molecule has 4 nitrogen and oxygen atoms in total. The van der Waals surface area contributed by atoms with Crippen LogP contribution in [0.15, 0.2) is 96.1 Å². The van der Waals surface area contributed by atoms with E-state index in [1.54, 1.807) is 0 Å². The van der Waals surface area contributed by atoms with Crippen molar-refractivity contribution < 1.29 is 0 Å². The summed E-state index contributed by atoms with van der Waals surface area (Å²) in [7, 11) is 2.24. The normalized spacial score (nSPS) is 27.0. The molecule has 1 saturated carbocycles. The molecule has 6 rings (SSSR count).